The Hall–Kier alpha value is -2.35. The van der Waals surface area contributed by atoms with Gasteiger partial charge in [-0.25, -0.2) is 0 Å². The first-order chi connectivity index (χ1) is 9.51. The Balaban J connectivity index is 2.32. The van der Waals surface area contributed by atoms with Gasteiger partial charge in [0.15, 0.2) is 0 Å². The van der Waals surface area contributed by atoms with Crippen LogP contribution in [0.5, 0.6) is 10.9 Å². The van der Waals surface area contributed by atoms with Crippen molar-refractivity contribution in [3.63, 3.8) is 0 Å². The van der Waals surface area contributed by atoms with Gasteiger partial charge in [-0.2, -0.15) is 9.36 Å². The fourth-order valence-corrected chi connectivity index (χ4v) is 2.11. The molecule has 0 atom stereocenters. The molecular formula is C12H11N3O4S. The standard InChI is InChI=1S/C12H11N3O4S/c1-7(2)11-13-12(20-14-11)19-10-4-3-8(6-16)5-9(10)15(17)18/h3-7H,1-2H3. The molecule has 1 aromatic heterocycles. The first kappa shape index (κ1) is 14.1. The average molecular weight is 293 g/mol. The summed E-state index contributed by atoms with van der Waals surface area (Å²) in [5.41, 5.74) is -0.0694. The Bertz CT molecular complexity index is 654. The van der Waals surface area contributed by atoms with Gasteiger partial charge >= 0.3 is 5.69 Å². The zero-order chi connectivity index (χ0) is 14.7. The molecule has 0 radical (unpaired) electrons. The van der Waals surface area contributed by atoms with E-state index in [9.17, 15) is 14.9 Å². The lowest BCUT2D eigenvalue weighted by Gasteiger charge is -2.03. The highest BCUT2D eigenvalue weighted by atomic mass is 32.1. The number of nitrogens with zero attached hydrogens (tertiary/aromatic N) is 3. The van der Waals surface area contributed by atoms with Crippen LogP contribution in [0.15, 0.2) is 18.2 Å². The lowest BCUT2D eigenvalue weighted by Crippen LogP contribution is -1.95. The van der Waals surface area contributed by atoms with Gasteiger partial charge in [-0.15, -0.1) is 0 Å². The van der Waals surface area contributed by atoms with E-state index < -0.39 is 4.92 Å². The van der Waals surface area contributed by atoms with Crippen LogP contribution in [0, 0.1) is 10.1 Å². The molecule has 2 aromatic rings. The van der Waals surface area contributed by atoms with Crippen LogP contribution in [0.25, 0.3) is 0 Å². The van der Waals surface area contributed by atoms with Crippen LogP contribution < -0.4 is 4.74 Å². The van der Waals surface area contributed by atoms with E-state index in [4.69, 9.17) is 4.74 Å². The van der Waals surface area contributed by atoms with E-state index in [-0.39, 0.29) is 28.1 Å². The highest BCUT2D eigenvalue weighted by molar-refractivity contribution is 7.07. The number of aromatic nitrogens is 2. The van der Waals surface area contributed by atoms with Gasteiger partial charge in [-0.1, -0.05) is 13.8 Å². The first-order valence-electron chi connectivity index (χ1n) is 5.76. The summed E-state index contributed by atoms with van der Waals surface area (Å²) >= 11 is 1.03. The molecule has 1 heterocycles. The summed E-state index contributed by atoms with van der Waals surface area (Å²) in [6, 6.07) is 3.98. The number of benzene rings is 1. The third kappa shape index (κ3) is 2.97. The SMILES string of the molecule is CC(C)c1nsc(Oc2ccc(C=O)cc2[N+](=O)[O-])n1. The zero-order valence-corrected chi connectivity index (χ0v) is 11.6. The van der Waals surface area contributed by atoms with Gasteiger partial charge in [0.1, 0.15) is 12.1 Å². The number of rotatable bonds is 5. The summed E-state index contributed by atoms with van der Waals surface area (Å²) < 4.78 is 9.49. The maximum Gasteiger partial charge on any atom is 0.312 e. The van der Waals surface area contributed by atoms with Crippen molar-refractivity contribution in [3.05, 3.63) is 39.7 Å². The number of nitro groups is 1. The van der Waals surface area contributed by atoms with Gasteiger partial charge in [0.25, 0.3) is 5.19 Å². The molecule has 0 aliphatic rings. The second kappa shape index (κ2) is 5.74. The van der Waals surface area contributed by atoms with Gasteiger partial charge < -0.3 is 4.74 Å². The van der Waals surface area contributed by atoms with Crippen LogP contribution in [0.3, 0.4) is 0 Å². The van der Waals surface area contributed by atoms with Crippen LogP contribution in [-0.2, 0) is 0 Å². The molecule has 0 saturated carbocycles. The molecule has 2 rings (SSSR count). The summed E-state index contributed by atoms with van der Waals surface area (Å²) in [5, 5.41) is 11.2. The van der Waals surface area contributed by atoms with Gasteiger partial charge in [0.05, 0.1) is 4.92 Å². The van der Waals surface area contributed by atoms with Gasteiger partial charge in [-0.05, 0) is 12.1 Å². The Morgan fingerprint density at radius 3 is 2.75 bits per heavy atom. The van der Waals surface area contributed by atoms with E-state index in [0.29, 0.717) is 12.1 Å². The quantitative estimate of drug-likeness (QED) is 0.477. The molecular weight excluding hydrogens is 282 g/mol. The van der Waals surface area contributed by atoms with E-state index in [1.807, 2.05) is 13.8 Å². The zero-order valence-electron chi connectivity index (χ0n) is 10.8. The van der Waals surface area contributed by atoms with Crippen molar-refractivity contribution in [2.45, 2.75) is 19.8 Å². The van der Waals surface area contributed by atoms with E-state index in [0.717, 1.165) is 17.6 Å². The lowest BCUT2D eigenvalue weighted by atomic mass is 10.2. The molecule has 0 bridgehead atoms. The third-order valence-electron chi connectivity index (χ3n) is 2.45. The van der Waals surface area contributed by atoms with Crippen molar-refractivity contribution in [2.24, 2.45) is 0 Å². The molecule has 1 aromatic carbocycles. The summed E-state index contributed by atoms with van der Waals surface area (Å²) in [5.74, 6) is 0.806. The average Bonchev–Trinajstić information content (AvgIpc) is 2.87. The first-order valence-corrected chi connectivity index (χ1v) is 6.53. The van der Waals surface area contributed by atoms with E-state index in [1.54, 1.807) is 0 Å². The molecule has 7 nitrogen and oxygen atoms in total. The van der Waals surface area contributed by atoms with Crippen LogP contribution in [0.1, 0.15) is 35.9 Å². The van der Waals surface area contributed by atoms with Gasteiger partial charge in [0.2, 0.25) is 5.75 Å². The molecule has 0 unspecified atom stereocenters. The number of carbonyl (C=O) groups excluding carboxylic acids is 1. The predicted molar refractivity (Wildman–Crippen MR) is 72.6 cm³/mol. The Morgan fingerprint density at radius 1 is 1.45 bits per heavy atom. The van der Waals surface area contributed by atoms with Gasteiger partial charge in [-0.3, -0.25) is 14.9 Å². The molecule has 0 fully saturated rings. The highest BCUT2D eigenvalue weighted by Gasteiger charge is 2.18. The van der Waals surface area contributed by atoms with Crippen molar-refractivity contribution in [3.8, 4) is 10.9 Å². The number of carbonyl (C=O) groups is 1. The smallest absolute Gasteiger partial charge is 0.312 e. The van der Waals surface area contributed by atoms with Crippen LogP contribution in [-0.4, -0.2) is 20.6 Å². The minimum atomic E-state index is -0.604. The fourth-order valence-electron chi connectivity index (χ4n) is 1.43. The summed E-state index contributed by atoms with van der Waals surface area (Å²) in [7, 11) is 0. The molecule has 0 amide bonds. The molecule has 20 heavy (non-hydrogen) atoms. The fraction of sp³-hybridized carbons (Fsp3) is 0.250. The van der Waals surface area contributed by atoms with Crippen molar-refractivity contribution in [2.75, 3.05) is 0 Å². The highest BCUT2D eigenvalue weighted by Crippen LogP contribution is 2.33. The van der Waals surface area contributed by atoms with Crippen molar-refractivity contribution in [1.82, 2.24) is 9.36 Å². The number of nitro benzene ring substituents is 1. The van der Waals surface area contributed by atoms with Crippen LogP contribution >= 0.6 is 11.5 Å². The van der Waals surface area contributed by atoms with Crippen molar-refractivity contribution >= 4 is 23.5 Å². The number of aldehydes is 1. The van der Waals surface area contributed by atoms with Crippen molar-refractivity contribution < 1.29 is 14.5 Å². The molecule has 104 valence electrons. The summed E-state index contributed by atoms with van der Waals surface area (Å²) in [4.78, 5) is 25.2. The minimum absolute atomic E-state index is 0.0343. The van der Waals surface area contributed by atoms with Crippen LogP contribution in [0.2, 0.25) is 0 Å². The Kier molecular flexibility index (Phi) is 4.04. The van der Waals surface area contributed by atoms with E-state index in [1.165, 1.54) is 12.1 Å². The molecule has 8 heteroatoms. The number of ether oxygens (including phenoxy) is 1. The molecule has 0 N–H and O–H groups in total. The van der Waals surface area contributed by atoms with Crippen molar-refractivity contribution in [1.29, 1.82) is 0 Å². The summed E-state index contributed by atoms with van der Waals surface area (Å²) in [6.07, 6.45) is 0.540. The molecule has 0 aliphatic heterocycles. The third-order valence-corrected chi connectivity index (χ3v) is 3.06. The largest absolute Gasteiger partial charge is 0.422 e. The Labute approximate surface area is 118 Å². The topological polar surface area (TPSA) is 95.2 Å². The minimum Gasteiger partial charge on any atom is -0.422 e. The summed E-state index contributed by atoms with van der Waals surface area (Å²) in [6.45, 7) is 3.88. The second-order valence-electron chi connectivity index (χ2n) is 4.28. The van der Waals surface area contributed by atoms with Gasteiger partial charge in [0, 0.05) is 29.1 Å². The second-order valence-corrected chi connectivity index (χ2v) is 4.99. The molecule has 0 spiro atoms. The monoisotopic (exact) mass is 293 g/mol. The maximum absolute atomic E-state index is 11.0. The number of hydrogen-bond acceptors (Lipinski definition) is 7. The normalized spacial score (nSPS) is 10.6. The molecule has 0 saturated heterocycles. The maximum atomic E-state index is 11.0. The molecule has 0 aliphatic carbocycles. The Morgan fingerprint density at radius 2 is 2.20 bits per heavy atom. The van der Waals surface area contributed by atoms with E-state index >= 15 is 0 Å². The lowest BCUT2D eigenvalue weighted by molar-refractivity contribution is -0.385. The van der Waals surface area contributed by atoms with Crippen LogP contribution in [0.4, 0.5) is 5.69 Å². The van der Waals surface area contributed by atoms with E-state index in [2.05, 4.69) is 9.36 Å². The number of hydrogen-bond donors (Lipinski definition) is 0. The predicted octanol–water partition coefficient (Wildman–Crippen LogP) is 3.17.